The number of H-pyrrole nitrogens is 1. The largest absolute Gasteiger partial charge is 0.306 e. The highest BCUT2D eigenvalue weighted by Crippen LogP contribution is 2.29. The Bertz CT molecular complexity index is 903. The van der Waals surface area contributed by atoms with Gasteiger partial charge < -0.3 is 0 Å². The molecule has 7 nitrogen and oxygen atoms in total. The van der Waals surface area contributed by atoms with Gasteiger partial charge in [-0.3, -0.25) is 15.1 Å². The highest BCUT2D eigenvalue weighted by atomic mass is 32.2. The summed E-state index contributed by atoms with van der Waals surface area (Å²) in [6, 6.07) is 7.17. The van der Waals surface area contributed by atoms with E-state index in [1.807, 2.05) is 6.33 Å². The fourth-order valence-corrected chi connectivity index (χ4v) is 4.23. The molecule has 1 fully saturated rings. The Morgan fingerprint density at radius 2 is 2.00 bits per heavy atom. The van der Waals surface area contributed by atoms with E-state index in [0.717, 1.165) is 21.8 Å². The van der Waals surface area contributed by atoms with Gasteiger partial charge in [-0.2, -0.15) is 0 Å². The normalized spacial score (nSPS) is 15.0. The first-order valence-corrected chi connectivity index (χ1v) is 9.30. The number of rotatable bonds is 5. The molecule has 128 valence electrons. The van der Waals surface area contributed by atoms with Crippen LogP contribution >= 0.6 is 11.8 Å². The number of fused-ring (bicyclic) bond motifs is 1. The summed E-state index contributed by atoms with van der Waals surface area (Å²) in [5, 5.41) is 11.6. The monoisotopic (exact) mass is 356 g/mol. The quantitative estimate of drug-likeness (QED) is 0.248. The van der Waals surface area contributed by atoms with Crippen molar-refractivity contribution in [2.45, 2.75) is 42.5 Å². The maximum absolute atomic E-state index is 10.7. The number of benzene rings is 1. The van der Waals surface area contributed by atoms with Crippen LogP contribution < -0.4 is 4.57 Å². The minimum absolute atomic E-state index is 0.111. The van der Waals surface area contributed by atoms with E-state index in [9.17, 15) is 10.1 Å². The third kappa shape index (κ3) is 3.21. The van der Waals surface area contributed by atoms with Crippen LogP contribution in [0.25, 0.3) is 11.2 Å². The molecule has 0 bridgehead atoms. The average molecular weight is 356 g/mol. The van der Waals surface area contributed by atoms with Crippen LogP contribution in [0.4, 0.5) is 5.69 Å². The zero-order chi connectivity index (χ0) is 17.2. The molecule has 1 aliphatic carbocycles. The Balaban J connectivity index is 1.54. The highest BCUT2D eigenvalue weighted by molar-refractivity contribution is 7.98. The van der Waals surface area contributed by atoms with E-state index in [1.54, 1.807) is 30.2 Å². The number of imidazole rings is 1. The summed E-state index contributed by atoms with van der Waals surface area (Å²) in [5.41, 5.74) is 3.05. The summed E-state index contributed by atoms with van der Waals surface area (Å²) in [6.07, 6.45) is 8.57. The molecule has 1 N–H and O–H groups in total. The van der Waals surface area contributed by atoms with Gasteiger partial charge in [0.25, 0.3) is 5.69 Å². The van der Waals surface area contributed by atoms with Crippen molar-refractivity contribution in [1.29, 1.82) is 0 Å². The molecule has 1 aliphatic rings. The van der Waals surface area contributed by atoms with Gasteiger partial charge in [-0.25, -0.2) is 9.55 Å². The molecule has 0 aliphatic heterocycles. The lowest BCUT2D eigenvalue weighted by atomic mass is 10.2. The molecule has 0 spiro atoms. The third-order valence-corrected chi connectivity index (χ3v) is 5.69. The lowest BCUT2D eigenvalue weighted by molar-refractivity contribution is -0.698. The Labute approximate surface area is 148 Å². The zero-order valence-electron chi connectivity index (χ0n) is 13.6. The van der Waals surface area contributed by atoms with Crippen LogP contribution in [0.15, 0.2) is 41.9 Å². The van der Waals surface area contributed by atoms with Crippen molar-refractivity contribution in [1.82, 2.24) is 15.0 Å². The lowest BCUT2D eigenvalue weighted by Crippen LogP contribution is -2.36. The Morgan fingerprint density at radius 1 is 1.24 bits per heavy atom. The summed E-state index contributed by atoms with van der Waals surface area (Å²) in [5.74, 6) is 0.701. The second kappa shape index (κ2) is 6.79. The van der Waals surface area contributed by atoms with E-state index >= 15 is 0 Å². The molecular weight excluding hydrogens is 338 g/mol. The van der Waals surface area contributed by atoms with Gasteiger partial charge in [0.05, 0.1) is 11.0 Å². The van der Waals surface area contributed by atoms with Gasteiger partial charge in [0, 0.05) is 17.9 Å². The summed E-state index contributed by atoms with van der Waals surface area (Å²) in [6.45, 7) is 0. The smallest absolute Gasteiger partial charge is 0.272 e. The van der Waals surface area contributed by atoms with Crippen molar-refractivity contribution in [2.75, 3.05) is 0 Å². The number of nitrogens with one attached hydrogen (secondary N) is 1. The SMILES string of the molecule is O=[N+]([O-])c1ccc(CSc2ncnc3c2[nH]c[n+]3C2CCCC2)cc1. The first kappa shape index (κ1) is 16.0. The number of aromatic amines is 1. The maximum Gasteiger partial charge on any atom is 0.306 e. The Hall–Kier alpha value is -2.48. The van der Waals surface area contributed by atoms with Gasteiger partial charge in [0.2, 0.25) is 5.52 Å². The third-order valence-electron chi connectivity index (χ3n) is 4.63. The van der Waals surface area contributed by atoms with Gasteiger partial charge >= 0.3 is 5.65 Å². The van der Waals surface area contributed by atoms with Crippen LogP contribution in [-0.4, -0.2) is 19.9 Å². The Morgan fingerprint density at radius 3 is 2.72 bits per heavy atom. The van der Waals surface area contributed by atoms with Gasteiger partial charge in [0.1, 0.15) is 5.03 Å². The van der Waals surface area contributed by atoms with E-state index in [0.29, 0.717) is 11.8 Å². The zero-order valence-corrected chi connectivity index (χ0v) is 14.4. The van der Waals surface area contributed by atoms with Gasteiger partial charge in [-0.15, -0.1) is 0 Å². The molecule has 0 unspecified atom stereocenters. The first-order chi connectivity index (χ1) is 12.2. The first-order valence-electron chi connectivity index (χ1n) is 8.32. The summed E-state index contributed by atoms with van der Waals surface area (Å²) >= 11 is 1.61. The van der Waals surface area contributed by atoms with Crippen molar-refractivity contribution < 1.29 is 9.49 Å². The van der Waals surface area contributed by atoms with Crippen LogP contribution in [0.5, 0.6) is 0 Å². The summed E-state index contributed by atoms with van der Waals surface area (Å²) < 4.78 is 2.24. The maximum atomic E-state index is 10.7. The average Bonchev–Trinajstić information content (AvgIpc) is 3.29. The van der Waals surface area contributed by atoms with Crippen molar-refractivity contribution in [3.05, 3.63) is 52.6 Å². The predicted octanol–water partition coefficient (Wildman–Crippen LogP) is 3.56. The molecule has 0 atom stereocenters. The molecule has 2 aromatic heterocycles. The van der Waals surface area contributed by atoms with Crippen LogP contribution in [0.3, 0.4) is 0 Å². The van der Waals surface area contributed by atoms with Crippen molar-refractivity contribution >= 4 is 28.6 Å². The van der Waals surface area contributed by atoms with E-state index in [-0.39, 0.29) is 10.6 Å². The van der Waals surface area contributed by atoms with Gasteiger partial charge in [-0.1, -0.05) is 28.9 Å². The number of hydrogen-bond acceptors (Lipinski definition) is 5. The number of non-ortho nitro benzene ring substituents is 1. The second-order valence-electron chi connectivity index (χ2n) is 6.21. The highest BCUT2D eigenvalue weighted by Gasteiger charge is 2.25. The molecular formula is C17H18N5O2S+. The molecule has 0 radical (unpaired) electrons. The van der Waals surface area contributed by atoms with Crippen molar-refractivity contribution in [2.24, 2.45) is 0 Å². The number of nitrogens with zero attached hydrogens (tertiary/aromatic N) is 4. The summed E-state index contributed by atoms with van der Waals surface area (Å²) in [4.78, 5) is 22.5. The second-order valence-corrected chi connectivity index (χ2v) is 7.17. The van der Waals surface area contributed by atoms with Gasteiger partial charge in [-0.05, 0) is 31.2 Å². The molecule has 8 heteroatoms. The van der Waals surface area contributed by atoms with Crippen LogP contribution in [0.1, 0.15) is 37.3 Å². The molecule has 1 saturated carbocycles. The molecule has 0 amide bonds. The van der Waals surface area contributed by atoms with E-state index in [2.05, 4.69) is 19.5 Å². The number of thioether (sulfide) groups is 1. The number of nitro groups is 1. The molecule has 0 saturated heterocycles. The topological polar surface area (TPSA) is 88.6 Å². The van der Waals surface area contributed by atoms with E-state index in [1.165, 1.54) is 37.8 Å². The fraction of sp³-hybridized carbons (Fsp3) is 0.353. The predicted molar refractivity (Wildman–Crippen MR) is 94.2 cm³/mol. The fourth-order valence-electron chi connectivity index (χ4n) is 3.31. The van der Waals surface area contributed by atoms with Crippen LogP contribution in [-0.2, 0) is 5.75 Å². The summed E-state index contributed by atoms with van der Waals surface area (Å²) in [7, 11) is 0. The molecule has 1 aromatic carbocycles. The minimum Gasteiger partial charge on any atom is -0.272 e. The molecule has 25 heavy (non-hydrogen) atoms. The minimum atomic E-state index is -0.383. The lowest BCUT2D eigenvalue weighted by Gasteiger charge is -2.05. The van der Waals surface area contributed by atoms with Crippen LogP contribution in [0, 0.1) is 10.1 Å². The van der Waals surface area contributed by atoms with E-state index < -0.39 is 0 Å². The van der Waals surface area contributed by atoms with Crippen LogP contribution in [0.2, 0.25) is 0 Å². The standard InChI is InChI=1S/C17H17N5O2S/c23-22(24)14-7-5-12(6-8-14)9-25-17-15-16(18-10-19-17)21(11-20-15)13-3-1-2-4-13/h5-8,10-11,13H,1-4,9H2/p+1. The van der Waals surface area contributed by atoms with E-state index in [4.69, 9.17) is 0 Å². The molecule has 2 heterocycles. The molecule has 4 rings (SSSR count). The Kier molecular flexibility index (Phi) is 4.35. The number of hydrogen-bond donors (Lipinski definition) is 1. The van der Waals surface area contributed by atoms with Crippen molar-refractivity contribution in [3.8, 4) is 0 Å². The number of aromatic nitrogens is 4. The number of nitro benzene ring substituents is 1. The van der Waals surface area contributed by atoms with Crippen molar-refractivity contribution in [3.63, 3.8) is 0 Å². The van der Waals surface area contributed by atoms with Gasteiger partial charge in [0.15, 0.2) is 12.7 Å². The molecule has 3 aromatic rings.